The van der Waals surface area contributed by atoms with E-state index in [1.807, 2.05) is 25.2 Å². The van der Waals surface area contributed by atoms with Gasteiger partial charge in [0.15, 0.2) is 5.82 Å². The van der Waals surface area contributed by atoms with E-state index in [9.17, 15) is 5.11 Å². The van der Waals surface area contributed by atoms with Crippen LogP contribution in [0.3, 0.4) is 0 Å². The molecule has 3 rings (SSSR count). The van der Waals surface area contributed by atoms with E-state index < -0.39 is 0 Å². The largest absolute Gasteiger partial charge is 0.393 e. The summed E-state index contributed by atoms with van der Waals surface area (Å²) >= 11 is 6.12. The van der Waals surface area contributed by atoms with Crippen LogP contribution >= 0.6 is 11.6 Å². The second kappa shape index (κ2) is 6.13. The molecule has 112 valence electrons. The van der Waals surface area contributed by atoms with Crippen LogP contribution in [0.4, 0.5) is 0 Å². The zero-order valence-corrected chi connectivity index (χ0v) is 12.6. The monoisotopic (exact) mass is 307 g/mol. The molecule has 0 spiro atoms. The van der Waals surface area contributed by atoms with Crippen molar-refractivity contribution in [3.05, 3.63) is 35.1 Å². The predicted octanol–water partition coefficient (Wildman–Crippen LogP) is 2.59. The van der Waals surface area contributed by atoms with Crippen LogP contribution in [0.2, 0.25) is 5.02 Å². The number of aromatic nitrogens is 2. The van der Waals surface area contributed by atoms with E-state index in [1.165, 1.54) is 0 Å². The summed E-state index contributed by atoms with van der Waals surface area (Å²) in [6, 6.07) is 7.41. The van der Waals surface area contributed by atoms with Crippen molar-refractivity contribution in [1.82, 2.24) is 15.0 Å². The van der Waals surface area contributed by atoms with E-state index in [0.29, 0.717) is 29.2 Å². The van der Waals surface area contributed by atoms with Gasteiger partial charge in [-0.3, -0.25) is 4.90 Å². The molecule has 1 heterocycles. The Morgan fingerprint density at radius 3 is 2.86 bits per heavy atom. The van der Waals surface area contributed by atoms with Crippen molar-refractivity contribution in [3.8, 4) is 11.5 Å². The Labute approximate surface area is 128 Å². The lowest BCUT2D eigenvalue weighted by atomic mass is 9.82. The first-order chi connectivity index (χ1) is 10.1. The number of hydrogen-bond acceptors (Lipinski definition) is 5. The van der Waals surface area contributed by atoms with Crippen LogP contribution in [0.15, 0.2) is 28.8 Å². The van der Waals surface area contributed by atoms with E-state index in [0.717, 1.165) is 24.9 Å². The van der Waals surface area contributed by atoms with Crippen LogP contribution in [0.25, 0.3) is 11.5 Å². The average Bonchev–Trinajstić information content (AvgIpc) is 2.85. The average molecular weight is 308 g/mol. The van der Waals surface area contributed by atoms with Gasteiger partial charge < -0.3 is 9.63 Å². The Balaban J connectivity index is 1.61. The maximum Gasteiger partial charge on any atom is 0.259 e. The lowest BCUT2D eigenvalue weighted by Gasteiger charge is -2.34. The van der Waals surface area contributed by atoms with Gasteiger partial charge in [-0.1, -0.05) is 28.9 Å². The van der Waals surface area contributed by atoms with Gasteiger partial charge >= 0.3 is 0 Å². The summed E-state index contributed by atoms with van der Waals surface area (Å²) in [7, 11) is 2.02. The molecule has 0 atom stereocenters. The highest BCUT2D eigenvalue weighted by Crippen LogP contribution is 2.28. The van der Waals surface area contributed by atoms with E-state index in [4.69, 9.17) is 16.1 Å². The molecule has 5 nitrogen and oxygen atoms in total. The summed E-state index contributed by atoms with van der Waals surface area (Å²) in [5.74, 6) is 1.66. The predicted molar refractivity (Wildman–Crippen MR) is 79.8 cm³/mol. The number of halogens is 1. The highest BCUT2D eigenvalue weighted by Gasteiger charge is 2.28. The molecule has 1 saturated carbocycles. The van der Waals surface area contributed by atoms with Crippen molar-refractivity contribution in [2.45, 2.75) is 25.5 Å². The van der Waals surface area contributed by atoms with Gasteiger partial charge in [0.25, 0.3) is 5.89 Å². The number of aliphatic hydroxyl groups is 1. The third-order valence-corrected chi connectivity index (χ3v) is 4.09. The molecule has 21 heavy (non-hydrogen) atoms. The van der Waals surface area contributed by atoms with Gasteiger partial charge in [-0.05, 0) is 37.9 Å². The van der Waals surface area contributed by atoms with E-state index >= 15 is 0 Å². The molecule has 1 N–H and O–H groups in total. The quantitative estimate of drug-likeness (QED) is 0.920. The summed E-state index contributed by atoms with van der Waals surface area (Å²) in [6.45, 7) is 1.56. The number of hydrogen-bond donors (Lipinski definition) is 1. The second-order valence-corrected chi connectivity index (χ2v) is 6.09. The summed E-state index contributed by atoms with van der Waals surface area (Å²) in [4.78, 5) is 6.54. The first-order valence-electron chi connectivity index (χ1n) is 7.06. The van der Waals surface area contributed by atoms with Gasteiger partial charge in [0, 0.05) is 6.54 Å². The molecule has 1 aliphatic rings. The first-order valence-corrected chi connectivity index (χ1v) is 7.43. The molecule has 0 radical (unpaired) electrons. The Morgan fingerprint density at radius 1 is 1.38 bits per heavy atom. The topological polar surface area (TPSA) is 62.4 Å². The summed E-state index contributed by atoms with van der Waals surface area (Å²) in [6.07, 6.45) is 1.67. The van der Waals surface area contributed by atoms with Crippen LogP contribution in [0.5, 0.6) is 0 Å². The smallest absolute Gasteiger partial charge is 0.259 e. The van der Waals surface area contributed by atoms with Gasteiger partial charge in [-0.15, -0.1) is 0 Å². The fourth-order valence-corrected chi connectivity index (χ4v) is 2.88. The minimum absolute atomic E-state index is 0.111. The molecule has 1 fully saturated rings. The molecule has 0 amide bonds. The maximum absolute atomic E-state index is 9.31. The number of aliphatic hydroxyl groups excluding tert-OH is 1. The lowest BCUT2D eigenvalue weighted by molar-refractivity contribution is 0.0270. The highest BCUT2D eigenvalue weighted by molar-refractivity contribution is 6.33. The van der Waals surface area contributed by atoms with Crippen molar-refractivity contribution >= 4 is 11.6 Å². The molecule has 0 bridgehead atoms. The highest BCUT2D eigenvalue weighted by atomic mass is 35.5. The number of rotatable bonds is 5. The van der Waals surface area contributed by atoms with Gasteiger partial charge in [0.1, 0.15) is 0 Å². The number of nitrogens with zero attached hydrogens (tertiary/aromatic N) is 3. The van der Waals surface area contributed by atoms with Crippen LogP contribution in [-0.4, -0.2) is 39.8 Å². The van der Waals surface area contributed by atoms with Gasteiger partial charge in [-0.25, -0.2) is 0 Å². The van der Waals surface area contributed by atoms with Crippen LogP contribution in [0.1, 0.15) is 18.7 Å². The maximum atomic E-state index is 9.31. The standard InChI is InChI=1S/C15H18ClN3O2/c1-19(8-10-6-11(20)7-10)9-14-17-15(21-18-14)12-4-2-3-5-13(12)16/h2-5,10-11,20H,6-9H2,1H3. The lowest BCUT2D eigenvalue weighted by Crippen LogP contribution is -2.36. The molecule has 1 aromatic carbocycles. The molecule has 0 unspecified atom stereocenters. The summed E-state index contributed by atoms with van der Waals surface area (Å²) < 4.78 is 5.28. The second-order valence-electron chi connectivity index (χ2n) is 5.68. The Kier molecular flexibility index (Phi) is 4.24. The molecule has 0 saturated heterocycles. The van der Waals surface area contributed by atoms with Crippen LogP contribution in [0, 0.1) is 5.92 Å². The van der Waals surface area contributed by atoms with Gasteiger partial charge in [0.2, 0.25) is 0 Å². The van der Waals surface area contributed by atoms with Crippen molar-refractivity contribution in [2.75, 3.05) is 13.6 Å². The van der Waals surface area contributed by atoms with Gasteiger partial charge in [0.05, 0.1) is 23.2 Å². The first kappa shape index (κ1) is 14.5. The van der Waals surface area contributed by atoms with Crippen molar-refractivity contribution < 1.29 is 9.63 Å². The van der Waals surface area contributed by atoms with E-state index in [-0.39, 0.29) is 6.10 Å². The molecule has 2 aromatic rings. The fourth-order valence-electron chi connectivity index (χ4n) is 2.66. The molecule has 6 heteroatoms. The third kappa shape index (κ3) is 3.43. The van der Waals surface area contributed by atoms with Crippen molar-refractivity contribution in [1.29, 1.82) is 0 Å². The van der Waals surface area contributed by atoms with E-state index in [1.54, 1.807) is 6.07 Å². The van der Waals surface area contributed by atoms with Crippen molar-refractivity contribution in [2.24, 2.45) is 5.92 Å². The Hall–Kier alpha value is -1.43. The Morgan fingerprint density at radius 2 is 2.14 bits per heavy atom. The van der Waals surface area contributed by atoms with Crippen molar-refractivity contribution in [3.63, 3.8) is 0 Å². The zero-order chi connectivity index (χ0) is 14.8. The zero-order valence-electron chi connectivity index (χ0n) is 11.9. The SMILES string of the molecule is CN(Cc1noc(-c2ccccc2Cl)n1)CC1CC(O)C1. The molecule has 0 aliphatic heterocycles. The molecule has 1 aromatic heterocycles. The normalized spacial score (nSPS) is 21.5. The summed E-state index contributed by atoms with van der Waals surface area (Å²) in [5.41, 5.74) is 0.752. The molecular weight excluding hydrogens is 290 g/mol. The van der Waals surface area contributed by atoms with Crippen LogP contribution in [-0.2, 0) is 6.54 Å². The Bertz CT molecular complexity index is 610. The molecule has 1 aliphatic carbocycles. The molecular formula is C15H18ClN3O2. The fraction of sp³-hybridized carbons (Fsp3) is 0.467. The minimum Gasteiger partial charge on any atom is -0.393 e. The van der Waals surface area contributed by atoms with Gasteiger partial charge in [-0.2, -0.15) is 4.98 Å². The third-order valence-electron chi connectivity index (χ3n) is 3.76. The summed E-state index contributed by atoms with van der Waals surface area (Å²) in [5, 5.41) is 13.9. The van der Waals surface area contributed by atoms with E-state index in [2.05, 4.69) is 15.0 Å². The van der Waals surface area contributed by atoms with Crippen LogP contribution < -0.4 is 0 Å². The number of benzene rings is 1. The minimum atomic E-state index is -0.111.